The van der Waals surface area contributed by atoms with Crippen LogP contribution in [0, 0.1) is 34.5 Å². The molecule has 0 radical (unpaired) electrons. The van der Waals surface area contributed by atoms with Gasteiger partial charge in [-0.2, -0.15) is 0 Å². The number of Topliss-reactive ketones (excluding diaryl/α,β-unsaturated/α-hetero) is 1. The van der Waals surface area contributed by atoms with Crippen molar-refractivity contribution in [3.05, 3.63) is 0 Å². The highest BCUT2D eigenvalue weighted by molar-refractivity contribution is 9.10. The summed E-state index contributed by atoms with van der Waals surface area (Å²) in [6, 6.07) is 0. The molecule has 4 fully saturated rings. The quantitative estimate of drug-likeness (QED) is 0.536. The Labute approximate surface area is 137 Å². The second-order valence-electron chi connectivity index (χ2n) is 9.08. The summed E-state index contributed by atoms with van der Waals surface area (Å²) in [5.41, 5.74) is 1.08. The molecule has 1 nitrogen and oxygen atoms in total. The third-order valence-electron chi connectivity index (χ3n) is 8.26. The van der Waals surface area contributed by atoms with Crippen LogP contribution in [0.15, 0.2) is 0 Å². The van der Waals surface area contributed by atoms with Crippen molar-refractivity contribution in [2.75, 3.05) is 0 Å². The molecule has 0 N–H and O–H groups in total. The highest BCUT2D eigenvalue weighted by atomic mass is 79.9. The van der Waals surface area contributed by atoms with Crippen LogP contribution < -0.4 is 0 Å². The van der Waals surface area contributed by atoms with E-state index >= 15 is 0 Å². The third kappa shape index (κ3) is 2.03. The van der Waals surface area contributed by atoms with Gasteiger partial charge in [-0.05, 0) is 79.4 Å². The van der Waals surface area contributed by atoms with Crippen molar-refractivity contribution in [1.29, 1.82) is 0 Å². The summed E-state index contributed by atoms with van der Waals surface area (Å²) >= 11 is 3.68. The van der Waals surface area contributed by atoms with Gasteiger partial charge in [0.2, 0.25) is 0 Å². The zero-order chi connectivity index (χ0) is 14.8. The second-order valence-corrected chi connectivity index (χ2v) is 10.2. The number of alkyl halides is 1. The predicted octanol–water partition coefficient (Wildman–Crippen LogP) is 5.36. The Bertz CT molecular complexity index is 460. The maximum absolute atomic E-state index is 12.1. The number of rotatable bonds is 0. The molecule has 2 heteroatoms. The summed E-state index contributed by atoms with van der Waals surface area (Å²) in [7, 11) is 0. The maximum atomic E-state index is 12.1. The highest BCUT2D eigenvalue weighted by Crippen LogP contribution is 2.66. The minimum Gasteiger partial charge on any atom is -0.298 e. The van der Waals surface area contributed by atoms with Crippen LogP contribution in [0.25, 0.3) is 0 Å². The van der Waals surface area contributed by atoms with Crippen LogP contribution in [0.4, 0.5) is 0 Å². The van der Waals surface area contributed by atoms with Gasteiger partial charge in [0.25, 0.3) is 0 Å². The lowest BCUT2D eigenvalue weighted by molar-refractivity contribution is -0.136. The molecule has 0 amide bonds. The van der Waals surface area contributed by atoms with Gasteiger partial charge in [-0.3, -0.25) is 4.79 Å². The molecular formula is C19H29BrO. The summed E-state index contributed by atoms with van der Waals surface area (Å²) in [5, 5.41) is 0. The van der Waals surface area contributed by atoms with Crippen molar-refractivity contribution in [3.8, 4) is 0 Å². The molecule has 0 aromatic carbocycles. The summed E-state index contributed by atoms with van der Waals surface area (Å²) in [4.78, 5) is 12.3. The van der Waals surface area contributed by atoms with E-state index in [-0.39, 0.29) is 4.83 Å². The van der Waals surface area contributed by atoms with Gasteiger partial charge in [-0.25, -0.2) is 0 Å². The van der Waals surface area contributed by atoms with Crippen LogP contribution >= 0.6 is 15.9 Å². The van der Waals surface area contributed by atoms with Crippen LogP contribution in [0.2, 0.25) is 0 Å². The molecule has 4 saturated carbocycles. The summed E-state index contributed by atoms with van der Waals surface area (Å²) in [6.45, 7) is 5.11. The first-order valence-corrected chi connectivity index (χ1v) is 10.0. The molecule has 7 atom stereocenters. The molecule has 0 aromatic rings. The lowest BCUT2D eigenvalue weighted by atomic mass is 9.45. The number of ketones is 1. The number of hydrogen-bond acceptors (Lipinski definition) is 1. The smallest absolute Gasteiger partial charge is 0.146 e. The lowest BCUT2D eigenvalue weighted by Gasteiger charge is -2.60. The Morgan fingerprint density at radius 2 is 1.86 bits per heavy atom. The fourth-order valence-electron chi connectivity index (χ4n) is 7.05. The van der Waals surface area contributed by atoms with Gasteiger partial charge in [0.15, 0.2) is 0 Å². The molecule has 0 spiro atoms. The Morgan fingerprint density at radius 1 is 1.05 bits per heavy atom. The summed E-state index contributed by atoms with van der Waals surface area (Å²) in [6.07, 6.45) is 12.0. The summed E-state index contributed by atoms with van der Waals surface area (Å²) in [5.74, 6) is 3.98. The standard InChI is InChI=1S/C19H29BrO/c1-18-8-3-4-14(18)13-6-5-12-10-17(21)16(20)11-19(12,2)15(13)7-9-18/h12-16H,3-11H2,1-2H3/t12-,13-,14+,15-,16+,18+,19-/m0/s1. The van der Waals surface area contributed by atoms with Crippen LogP contribution in [0.1, 0.15) is 71.6 Å². The van der Waals surface area contributed by atoms with Crippen LogP contribution in [-0.2, 0) is 4.79 Å². The van der Waals surface area contributed by atoms with Gasteiger partial charge in [0, 0.05) is 6.42 Å². The predicted molar refractivity (Wildman–Crippen MR) is 89.4 cm³/mol. The highest BCUT2D eigenvalue weighted by Gasteiger charge is 2.58. The van der Waals surface area contributed by atoms with Crippen molar-refractivity contribution in [2.24, 2.45) is 34.5 Å². The largest absolute Gasteiger partial charge is 0.298 e. The average Bonchev–Trinajstić information content (AvgIpc) is 2.82. The van der Waals surface area contributed by atoms with Gasteiger partial charge >= 0.3 is 0 Å². The van der Waals surface area contributed by atoms with E-state index in [1.54, 1.807) is 0 Å². The van der Waals surface area contributed by atoms with E-state index in [0.717, 1.165) is 30.6 Å². The van der Waals surface area contributed by atoms with Gasteiger partial charge < -0.3 is 0 Å². The SMILES string of the molecule is C[C@]12CCC[C@@H]1[C@@H]1CC[C@H]3CC(=O)[C@H](Br)C[C@]3(C)[C@H]1CC2. The molecule has 4 aliphatic carbocycles. The first-order chi connectivity index (χ1) is 9.94. The first kappa shape index (κ1) is 14.7. The molecule has 0 saturated heterocycles. The molecule has 21 heavy (non-hydrogen) atoms. The van der Waals surface area contributed by atoms with Gasteiger partial charge in [0.1, 0.15) is 5.78 Å². The van der Waals surface area contributed by atoms with Crippen molar-refractivity contribution in [2.45, 2.75) is 76.5 Å². The second kappa shape index (κ2) is 4.82. The first-order valence-electron chi connectivity index (χ1n) is 9.11. The normalized spacial score (nSPS) is 56.5. The zero-order valence-corrected chi connectivity index (χ0v) is 15.1. The molecule has 0 aliphatic heterocycles. The average molecular weight is 353 g/mol. The molecular weight excluding hydrogens is 324 g/mol. The van der Waals surface area contributed by atoms with Crippen LogP contribution in [-0.4, -0.2) is 10.6 Å². The fourth-order valence-corrected chi connectivity index (χ4v) is 7.94. The summed E-state index contributed by atoms with van der Waals surface area (Å²) < 4.78 is 0. The molecule has 0 aromatic heterocycles. The molecule has 4 aliphatic rings. The zero-order valence-electron chi connectivity index (χ0n) is 13.5. The van der Waals surface area contributed by atoms with Gasteiger partial charge in [-0.15, -0.1) is 0 Å². The minimum absolute atomic E-state index is 0.134. The van der Waals surface area contributed by atoms with Crippen molar-refractivity contribution >= 4 is 21.7 Å². The van der Waals surface area contributed by atoms with Crippen LogP contribution in [0.5, 0.6) is 0 Å². The molecule has 4 rings (SSSR count). The van der Waals surface area contributed by atoms with E-state index in [0.29, 0.717) is 22.5 Å². The van der Waals surface area contributed by atoms with Gasteiger partial charge in [-0.1, -0.05) is 36.2 Å². The number of halogens is 1. The maximum Gasteiger partial charge on any atom is 0.146 e. The van der Waals surface area contributed by atoms with E-state index in [9.17, 15) is 4.79 Å². The Kier molecular flexibility index (Phi) is 3.38. The topological polar surface area (TPSA) is 17.1 Å². The number of fused-ring (bicyclic) bond motifs is 5. The van der Waals surface area contributed by atoms with E-state index in [1.807, 2.05) is 0 Å². The van der Waals surface area contributed by atoms with Crippen molar-refractivity contribution in [1.82, 2.24) is 0 Å². The molecule has 0 heterocycles. The van der Waals surface area contributed by atoms with E-state index < -0.39 is 0 Å². The van der Waals surface area contributed by atoms with Crippen LogP contribution in [0.3, 0.4) is 0 Å². The molecule has 118 valence electrons. The Morgan fingerprint density at radius 3 is 2.67 bits per heavy atom. The minimum atomic E-state index is 0.134. The number of hydrogen-bond donors (Lipinski definition) is 0. The molecule has 0 bridgehead atoms. The number of carbonyl (C=O) groups is 1. The van der Waals surface area contributed by atoms with E-state index in [1.165, 1.54) is 44.9 Å². The van der Waals surface area contributed by atoms with E-state index in [4.69, 9.17) is 0 Å². The molecule has 0 unspecified atom stereocenters. The van der Waals surface area contributed by atoms with Crippen molar-refractivity contribution in [3.63, 3.8) is 0 Å². The lowest BCUT2D eigenvalue weighted by Crippen LogP contribution is -2.54. The Hall–Kier alpha value is 0.150. The fraction of sp³-hybridized carbons (Fsp3) is 0.947. The number of carbonyl (C=O) groups excluding carboxylic acids is 1. The Balaban J connectivity index is 1.65. The monoisotopic (exact) mass is 352 g/mol. The van der Waals surface area contributed by atoms with Gasteiger partial charge in [0.05, 0.1) is 4.83 Å². The van der Waals surface area contributed by atoms with Crippen molar-refractivity contribution < 1.29 is 4.79 Å². The van der Waals surface area contributed by atoms with E-state index in [2.05, 4.69) is 29.8 Å². The third-order valence-corrected chi connectivity index (χ3v) is 9.10.